The molecule has 0 aliphatic carbocycles. The van der Waals surface area contributed by atoms with E-state index in [4.69, 9.17) is 4.74 Å². The number of rotatable bonds is 8. The van der Waals surface area contributed by atoms with Crippen molar-refractivity contribution in [2.24, 2.45) is 0 Å². The standard InChI is InChI=1S/C20H22N4O4S2/c1-4-28-17-12-10-16(11-13-17)24(30(3,26)27)14(2)18(25)21-20-23-22-19(29-20)15-8-6-5-7-9-15/h5-14H,4H2,1-3H3,(H,21,23,25). The topological polar surface area (TPSA) is 101 Å². The van der Waals surface area contributed by atoms with E-state index in [0.29, 0.717) is 28.2 Å². The summed E-state index contributed by atoms with van der Waals surface area (Å²) < 4.78 is 31.3. The smallest absolute Gasteiger partial charge is 0.249 e. The van der Waals surface area contributed by atoms with Crippen LogP contribution in [0.25, 0.3) is 10.6 Å². The average molecular weight is 447 g/mol. The van der Waals surface area contributed by atoms with Crippen LogP contribution in [0.2, 0.25) is 0 Å². The summed E-state index contributed by atoms with van der Waals surface area (Å²) in [7, 11) is -3.72. The van der Waals surface area contributed by atoms with Crippen LogP contribution in [0.4, 0.5) is 10.8 Å². The molecule has 3 rings (SSSR count). The fourth-order valence-electron chi connectivity index (χ4n) is 2.85. The predicted octanol–water partition coefficient (Wildman–Crippen LogP) is 3.40. The van der Waals surface area contributed by atoms with Crippen molar-refractivity contribution in [3.8, 4) is 16.3 Å². The Morgan fingerprint density at radius 3 is 2.40 bits per heavy atom. The number of amides is 1. The number of aromatic nitrogens is 2. The van der Waals surface area contributed by atoms with Gasteiger partial charge in [0.2, 0.25) is 21.1 Å². The third-order valence-electron chi connectivity index (χ3n) is 4.17. The molecule has 8 nitrogen and oxygen atoms in total. The quantitative estimate of drug-likeness (QED) is 0.569. The number of hydrogen-bond acceptors (Lipinski definition) is 7. The number of ether oxygens (including phenoxy) is 1. The maximum absolute atomic E-state index is 12.8. The van der Waals surface area contributed by atoms with Gasteiger partial charge >= 0.3 is 0 Å². The minimum Gasteiger partial charge on any atom is -0.494 e. The normalized spacial score (nSPS) is 12.2. The van der Waals surface area contributed by atoms with Crippen molar-refractivity contribution in [1.82, 2.24) is 10.2 Å². The number of sulfonamides is 1. The number of hydrogen-bond donors (Lipinski definition) is 1. The van der Waals surface area contributed by atoms with Gasteiger partial charge in [0.05, 0.1) is 18.6 Å². The molecule has 1 atom stereocenters. The highest BCUT2D eigenvalue weighted by Crippen LogP contribution is 2.27. The van der Waals surface area contributed by atoms with Crippen LogP contribution in [0.15, 0.2) is 54.6 Å². The third-order valence-corrected chi connectivity index (χ3v) is 6.30. The maximum atomic E-state index is 12.8. The fourth-order valence-corrected chi connectivity index (χ4v) is 4.77. The minimum atomic E-state index is -3.72. The Balaban J connectivity index is 1.79. The average Bonchev–Trinajstić information content (AvgIpc) is 3.18. The van der Waals surface area contributed by atoms with Gasteiger partial charge in [-0.05, 0) is 38.1 Å². The molecule has 2 aromatic carbocycles. The Morgan fingerprint density at radius 1 is 1.13 bits per heavy atom. The molecule has 1 unspecified atom stereocenters. The zero-order valence-corrected chi connectivity index (χ0v) is 18.4. The van der Waals surface area contributed by atoms with Gasteiger partial charge in [-0.25, -0.2) is 8.42 Å². The summed E-state index contributed by atoms with van der Waals surface area (Å²) in [6, 6.07) is 15.0. The fraction of sp³-hybridized carbons (Fsp3) is 0.250. The van der Waals surface area contributed by atoms with E-state index in [2.05, 4.69) is 15.5 Å². The summed E-state index contributed by atoms with van der Waals surface area (Å²) in [6.45, 7) is 3.88. The van der Waals surface area contributed by atoms with Crippen LogP contribution in [0.1, 0.15) is 13.8 Å². The Morgan fingerprint density at radius 2 is 1.80 bits per heavy atom. The van der Waals surface area contributed by atoms with E-state index in [1.807, 2.05) is 37.3 Å². The number of anilines is 2. The van der Waals surface area contributed by atoms with E-state index >= 15 is 0 Å². The van der Waals surface area contributed by atoms with Crippen molar-refractivity contribution >= 4 is 38.1 Å². The second kappa shape index (κ2) is 9.23. The number of carbonyl (C=O) groups is 1. The molecule has 10 heteroatoms. The molecule has 0 aliphatic heterocycles. The molecule has 1 heterocycles. The Bertz CT molecular complexity index is 1100. The second-order valence-corrected chi connectivity index (χ2v) is 9.27. The molecule has 3 aromatic rings. The predicted molar refractivity (Wildman–Crippen MR) is 118 cm³/mol. The Hall–Kier alpha value is -2.98. The molecule has 0 spiro atoms. The van der Waals surface area contributed by atoms with Gasteiger partial charge in [-0.15, -0.1) is 10.2 Å². The van der Waals surface area contributed by atoms with Gasteiger partial charge in [-0.2, -0.15) is 0 Å². The lowest BCUT2D eigenvalue weighted by Gasteiger charge is -2.28. The lowest BCUT2D eigenvalue weighted by atomic mass is 10.2. The lowest BCUT2D eigenvalue weighted by Crippen LogP contribution is -2.45. The van der Waals surface area contributed by atoms with Crippen molar-refractivity contribution in [3.05, 3.63) is 54.6 Å². The van der Waals surface area contributed by atoms with E-state index in [-0.39, 0.29) is 0 Å². The van der Waals surface area contributed by atoms with E-state index in [1.54, 1.807) is 24.3 Å². The van der Waals surface area contributed by atoms with Gasteiger partial charge in [0.1, 0.15) is 16.8 Å². The molecular formula is C20H22N4O4S2. The first kappa shape index (κ1) is 21.7. The summed E-state index contributed by atoms with van der Waals surface area (Å²) in [4.78, 5) is 12.8. The molecule has 0 aliphatic rings. The van der Waals surface area contributed by atoms with Gasteiger partial charge < -0.3 is 4.74 Å². The van der Waals surface area contributed by atoms with Gasteiger partial charge in [-0.1, -0.05) is 41.7 Å². The summed E-state index contributed by atoms with van der Waals surface area (Å²) in [5.74, 6) is 0.110. The van der Waals surface area contributed by atoms with E-state index < -0.39 is 22.0 Å². The molecule has 158 valence electrons. The second-order valence-electron chi connectivity index (χ2n) is 6.43. The molecule has 1 N–H and O–H groups in total. The van der Waals surface area contributed by atoms with Crippen LogP contribution in [-0.4, -0.2) is 43.4 Å². The van der Waals surface area contributed by atoms with Gasteiger partial charge in [-0.3, -0.25) is 14.4 Å². The Kier molecular flexibility index (Phi) is 6.68. The first-order chi connectivity index (χ1) is 14.3. The van der Waals surface area contributed by atoms with Crippen LogP contribution >= 0.6 is 11.3 Å². The molecule has 1 amide bonds. The summed E-state index contributed by atoms with van der Waals surface area (Å²) >= 11 is 1.22. The monoisotopic (exact) mass is 446 g/mol. The van der Waals surface area contributed by atoms with E-state index in [9.17, 15) is 13.2 Å². The van der Waals surface area contributed by atoms with Crippen molar-refractivity contribution in [1.29, 1.82) is 0 Å². The van der Waals surface area contributed by atoms with Crippen LogP contribution in [0.3, 0.4) is 0 Å². The van der Waals surface area contributed by atoms with E-state index in [0.717, 1.165) is 16.1 Å². The van der Waals surface area contributed by atoms with Crippen LogP contribution in [0, 0.1) is 0 Å². The van der Waals surface area contributed by atoms with Gasteiger partial charge in [0.15, 0.2) is 0 Å². The molecule has 0 radical (unpaired) electrons. The summed E-state index contributed by atoms with van der Waals surface area (Å²) in [5.41, 5.74) is 1.25. The molecule has 0 fully saturated rings. The summed E-state index contributed by atoms with van der Waals surface area (Å²) in [6.07, 6.45) is 1.06. The molecule has 0 saturated carbocycles. The highest BCUT2D eigenvalue weighted by atomic mass is 32.2. The van der Waals surface area contributed by atoms with Crippen LogP contribution in [0.5, 0.6) is 5.75 Å². The van der Waals surface area contributed by atoms with Gasteiger partial charge in [0.25, 0.3) is 0 Å². The zero-order chi connectivity index (χ0) is 21.7. The van der Waals surface area contributed by atoms with E-state index in [1.165, 1.54) is 18.3 Å². The van der Waals surface area contributed by atoms with Crippen molar-refractivity contribution in [3.63, 3.8) is 0 Å². The number of benzene rings is 2. The van der Waals surface area contributed by atoms with Crippen LogP contribution in [-0.2, 0) is 14.8 Å². The first-order valence-electron chi connectivity index (χ1n) is 9.21. The van der Waals surface area contributed by atoms with Crippen molar-refractivity contribution in [2.75, 3.05) is 22.5 Å². The zero-order valence-electron chi connectivity index (χ0n) is 16.8. The minimum absolute atomic E-state index is 0.297. The third kappa shape index (κ3) is 5.14. The number of nitrogens with zero attached hydrogens (tertiary/aromatic N) is 3. The van der Waals surface area contributed by atoms with Crippen molar-refractivity contribution in [2.45, 2.75) is 19.9 Å². The molecule has 0 saturated heterocycles. The first-order valence-corrected chi connectivity index (χ1v) is 11.9. The van der Waals surface area contributed by atoms with Crippen LogP contribution < -0.4 is 14.4 Å². The lowest BCUT2D eigenvalue weighted by molar-refractivity contribution is -0.116. The number of nitrogens with one attached hydrogen (secondary N) is 1. The molecule has 1 aromatic heterocycles. The molecular weight excluding hydrogens is 424 g/mol. The molecule has 30 heavy (non-hydrogen) atoms. The highest BCUT2D eigenvalue weighted by Gasteiger charge is 2.29. The SMILES string of the molecule is CCOc1ccc(N(C(C)C(=O)Nc2nnc(-c3ccccc3)s2)S(C)(=O)=O)cc1. The Labute approximate surface area is 179 Å². The van der Waals surface area contributed by atoms with Crippen molar-refractivity contribution < 1.29 is 17.9 Å². The van der Waals surface area contributed by atoms with Gasteiger partial charge in [0, 0.05) is 5.56 Å². The largest absolute Gasteiger partial charge is 0.494 e. The number of carbonyl (C=O) groups excluding carboxylic acids is 1. The maximum Gasteiger partial charge on any atom is 0.249 e. The highest BCUT2D eigenvalue weighted by molar-refractivity contribution is 7.92. The summed E-state index contributed by atoms with van der Waals surface area (Å²) in [5, 5.41) is 11.7. The molecule has 0 bridgehead atoms.